The van der Waals surface area contributed by atoms with Crippen LogP contribution in [-0.4, -0.2) is 18.1 Å². The SMILES string of the molecule is CNC(CC1=CCCCC1)Cc1ccncc1. The van der Waals surface area contributed by atoms with Crippen LogP contribution in [0.25, 0.3) is 0 Å². The highest BCUT2D eigenvalue weighted by atomic mass is 14.9. The molecule has 0 spiro atoms. The number of pyridine rings is 1. The molecule has 2 nitrogen and oxygen atoms in total. The zero-order valence-corrected chi connectivity index (χ0v) is 10.7. The first-order chi connectivity index (χ1) is 8.38. The minimum Gasteiger partial charge on any atom is -0.316 e. The van der Waals surface area contributed by atoms with Gasteiger partial charge in [-0.15, -0.1) is 0 Å². The molecule has 1 atom stereocenters. The number of hydrogen-bond acceptors (Lipinski definition) is 2. The predicted octanol–water partition coefficient (Wildman–Crippen LogP) is 3.10. The average Bonchev–Trinajstić information content (AvgIpc) is 2.40. The van der Waals surface area contributed by atoms with Gasteiger partial charge in [0.15, 0.2) is 0 Å². The molecule has 17 heavy (non-hydrogen) atoms. The largest absolute Gasteiger partial charge is 0.316 e. The van der Waals surface area contributed by atoms with E-state index in [9.17, 15) is 0 Å². The molecule has 92 valence electrons. The van der Waals surface area contributed by atoms with Crippen LogP contribution in [0.15, 0.2) is 36.2 Å². The zero-order chi connectivity index (χ0) is 11.9. The Morgan fingerprint density at radius 1 is 1.24 bits per heavy atom. The normalized spacial score (nSPS) is 17.6. The number of aromatic nitrogens is 1. The van der Waals surface area contributed by atoms with Gasteiger partial charge < -0.3 is 5.32 Å². The summed E-state index contributed by atoms with van der Waals surface area (Å²) < 4.78 is 0. The van der Waals surface area contributed by atoms with Crippen molar-refractivity contribution in [3.05, 3.63) is 41.7 Å². The Kier molecular flexibility index (Phi) is 4.75. The Morgan fingerprint density at radius 2 is 2.06 bits per heavy atom. The highest BCUT2D eigenvalue weighted by Gasteiger charge is 2.11. The second kappa shape index (κ2) is 6.55. The summed E-state index contributed by atoms with van der Waals surface area (Å²) in [5, 5.41) is 3.44. The standard InChI is InChI=1S/C15H22N2/c1-16-15(11-13-5-3-2-4-6-13)12-14-7-9-17-10-8-14/h5,7-10,15-16H,2-4,6,11-12H2,1H3. The van der Waals surface area contributed by atoms with Gasteiger partial charge in [-0.05, 0) is 63.3 Å². The van der Waals surface area contributed by atoms with Crippen LogP contribution < -0.4 is 5.32 Å². The molecule has 0 amide bonds. The highest BCUT2D eigenvalue weighted by molar-refractivity contribution is 5.14. The van der Waals surface area contributed by atoms with Gasteiger partial charge in [-0.25, -0.2) is 0 Å². The van der Waals surface area contributed by atoms with Crippen LogP contribution >= 0.6 is 0 Å². The molecule has 0 radical (unpaired) electrons. The van der Waals surface area contributed by atoms with Crippen LogP contribution in [0.4, 0.5) is 0 Å². The van der Waals surface area contributed by atoms with E-state index < -0.39 is 0 Å². The summed E-state index contributed by atoms with van der Waals surface area (Å²) in [6.45, 7) is 0. The highest BCUT2D eigenvalue weighted by Crippen LogP contribution is 2.22. The molecule has 0 bridgehead atoms. The smallest absolute Gasteiger partial charge is 0.0270 e. The van der Waals surface area contributed by atoms with Gasteiger partial charge in [0.25, 0.3) is 0 Å². The number of nitrogens with one attached hydrogen (secondary N) is 1. The molecule has 1 aromatic rings. The molecule has 1 unspecified atom stereocenters. The average molecular weight is 230 g/mol. The van der Waals surface area contributed by atoms with Gasteiger partial charge >= 0.3 is 0 Å². The number of hydrogen-bond donors (Lipinski definition) is 1. The minimum absolute atomic E-state index is 0.557. The molecule has 0 saturated carbocycles. The molecule has 1 N–H and O–H groups in total. The van der Waals surface area contributed by atoms with Gasteiger partial charge in [-0.3, -0.25) is 4.98 Å². The Balaban J connectivity index is 1.90. The van der Waals surface area contributed by atoms with Crippen LogP contribution in [0.1, 0.15) is 37.7 Å². The fraction of sp³-hybridized carbons (Fsp3) is 0.533. The lowest BCUT2D eigenvalue weighted by Crippen LogP contribution is -2.28. The van der Waals surface area contributed by atoms with Crippen LogP contribution in [0.2, 0.25) is 0 Å². The fourth-order valence-corrected chi connectivity index (χ4v) is 2.49. The third-order valence-corrected chi connectivity index (χ3v) is 3.53. The van der Waals surface area contributed by atoms with Gasteiger partial charge in [-0.2, -0.15) is 0 Å². The Morgan fingerprint density at radius 3 is 2.71 bits per heavy atom. The molecule has 1 aliphatic carbocycles. The number of rotatable bonds is 5. The van der Waals surface area contributed by atoms with Crippen molar-refractivity contribution in [1.29, 1.82) is 0 Å². The summed E-state index contributed by atoms with van der Waals surface area (Å²) in [6, 6.07) is 4.78. The van der Waals surface area contributed by atoms with E-state index in [1.165, 1.54) is 37.7 Å². The monoisotopic (exact) mass is 230 g/mol. The molecule has 2 heteroatoms. The Labute approximate surface area is 104 Å². The van der Waals surface area contributed by atoms with E-state index in [-0.39, 0.29) is 0 Å². The summed E-state index contributed by atoms with van der Waals surface area (Å²) in [6.07, 6.45) is 13.8. The van der Waals surface area contributed by atoms with Gasteiger partial charge in [0.05, 0.1) is 0 Å². The van der Waals surface area contributed by atoms with E-state index in [0.717, 1.165) is 6.42 Å². The molecule has 0 fully saturated rings. The van der Waals surface area contributed by atoms with Crippen molar-refractivity contribution in [1.82, 2.24) is 10.3 Å². The minimum atomic E-state index is 0.557. The van der Waals surface area contributed by atoms with E-state index in [4.69, 9.17) is 0 Å². The predicted molar refractivity (Wildman–Crippen MR) is 72.0 cm³/mol. The maximum atomic E-state index is 4.06. The van der Waals surface area contributed by atoms with Crippen molar-refractivity contribution in [2.45, 2.75) is 44.6 Å². The third kappa shape index (κ3) is 3.97. The second-order valence-electron chi connectivity index (χ2n) is 4.86. The van der Waals surface area contributed by atoms with Gasteiger partial charge in [-0.1, -0.05) is 11.6 Å². The fourth-order valence-electron chi connectivity index (χ4n) is 2.49. The first-order valence-electron chi connectivity index (χ1n) is 6.62. The van der Waals surface area contributed by atoms with Crippen molar-refractivity contribution in [3.63, 3.8) is 0 Å². The van der Waals surface area contributed by atoms with Crippen LogP contribution in [0, 0.1) is 0 Å². The maximum Gasteiger partial charge on any atom is 0.0270 e. The molecule has 0 aromatic carbocycles. The van der Waals surface area contributed by atoms with Gasteiger partial charge in [0.2, 0.25) is 0 Å². The Hall–Kier alpha value is -1.15. The van der Waals surface area contributed by atoms with Crippen molar-refractivity contribution in [3.8, 4) is 0 Å². The molecule has 1 aliphatic rings. The first-order valence-corrected chi connectivity index (χ1v) is 6.62. The quantitative estimate of drug-likeness (QED) is 0.786. The van der Waals surface area contributed by atoms with Crippen molar-refractivity contribution in [2.75, 3.05) is 7.05 Å². The van der Waals surface area contributed by atoms with Gasteiger partial charge in [0, 0.05) is 18.4 Å². The summed E-state index contributed by atoms with van der Waals surface area (Å²) in [4.78, 5) is 4.06. The van der Waals surface area contributed by atoms with Crippen molar-refractivity contribution in [2.24, 2.45) is 0 Å². The summed E-state index contributed by atoms with van der Waals surface area (Å²) in [7, 11) is 2.06. The molecular formula is C15H22N2. The topological polar surface area (TPSA) is 24.9 Å². The molecule has 1 aromatic heterocycles. The van der Waals surface area contributed by atoms with Crippen molar-refractivity contribution >= 4 is 0 Å². The number of likely N-dealkylation sites (N-methyl/N-ethyl adjacent to an activating group) is 1. The van der Waals surface area contributed by atoms with Crippen LogP contribution in [0.3, 0.4) is 0 Å². The second-order valence-corrected chi connectivity index (χ2v) is 4.86. The van der Waals surface area contributed by atoms with E-state index in [1.54, 1.807) is 5.57 Å². The van der Waals surface area contributed by atoms with E-state index >= 15 is 0 Å². The van der Waals surface area contributed by atoms with E-state index in [0.29, 0.717) is 6.04 Å². The van der Waals surface area contributed by atoms with E-state index in [2.05, 4.69) is 35.6 Å². The molecule has 1 heterocycles. The third-order valence-electron chi connectivity index (χ3n) is 3.53. The van der Waals surface area contributed by atoms with Crippen molar-refractivity contribution < 1.29 is 0 Å². The molecule has 2 rings (SSSR count). The maximum absolute atomic E-state index is 4.06. The summed E-state index contributed by atoms with van der Waals surface area (Å²) in [5.74, 6) is 0. The molecule has 0 aliphatic heterocycles. The van der Waals surface area contributed by atoms with E-state index in [1.807, 2.05) is 12.4 Å². The van der Waals surface area contributed by atoms with Crippen LogP contribution in [0.5, 0.6) is 0 Å². The lowest BCUT2D eigenvalue weighted by atomic mass is 9.92. The van der Waals surface area contributed by atoms with Gasteiger partial charge in [0.1, 0.15) is 0 Å². The number of nitrogens with zero attached hydrogens (tertiary/aromatic N) is 1. The molecule has 0 saturated heterocycles. The Bertz CT molecular complexity index is 356. The zero-order valence-electron chi connectivity index (χ0n) is 10.7. The number of allylic oxidation sites excluding steroid dienone is 1. The summed E-state index contributed by atoms with van der Waals surface area (Å²) >= 11 is 0. The lowest BCUT2D eigenvalue weighted by Gasteiger charge is -2.20. The molecular weight excluding hydrogens is 208 g/mol. The van der Waals surface area contributed by atoms with Crippen LogP contribution in [-0.2, 0) is 6.42 Å². The lowest BCUT2D eigenvalue weighted by molar-refractivity contribution is 0.532. The summed E-state index contributed by atoms with van der Waals surface area (Å²) in [5.41, 5.74) is 3.01. The first kappa shape index (κ1) is 12.3.